The summed E-state index contributed by atoms with van der Waals surface area (Å²) < 4.78 is 6.24. The minimum Gasteiger partial charge on any atom is -0.490 e. The van der Waals surface area contributed by atoms with Gasteiger partial charge >= 0.3 is 0 Å². The van der Waals surface area contributed by atoms with Crippen molar-refractivity contribution in [3.05, 3.63) is 28.2 Å². The second-order valence-corrected chi connectivity index (χ2v) is 3.58. The fraction of sp³-hybridized carbons (Fsp3) is 0.222. The van der Waals surface area contributed by atoms with E-state index in [0.717, 1.165) is 4.47 Å². The van der Waals surface area contributed by atoms with Gasteiger partial charge in [-0.3, -0.25) is 4.79 Å². The van der Waals surface area contributed by atoms with Crippen LogP contribution in [0.3, 0.4) is 0 Å². The normalized spacial score (nSPS) is 15.3. The third-order valence-electron chi connectivity index (χ3n) is 1.85. The van der Waals surface area contributed by atoms with E-state index in [4.69, 9.17) is 4.74 Å². The van der Waals surface area contributed by atoms with E-state index in [-0.39, 0.29) is 5.91 Å². The maximum atomic E-state index is 11.4. The minimum atomic E-state index is -0.0752. The summed E-state index contributed by atoms with van der Waals surface area (Å²) in [6.45, 7) is 1.07. The van der Waals surface area contributed by atoms with Gasteiger partial charge in [0.05, 0.1) is 16.6 Å². The molecule has 1 aliphatic heterocycles. The van der Waals surface area contributed by atoms with Crippen LogP contribution < -0.4 is 10.1 Å². The number of halogens is 1. The summed E-state index contributed by atoms with van der Waals surface area (Å²) >= 11 is 3.34. The van der Waals surface area contributed by atoms with Crippen molar-refractivity contribution < 1.29 is 9.53 Å². The number of rotatable bonds is 0. The van der Waals surface area contributed by atoms with Crippen LogP contribution >= 0.6 is 15.9 Å². The average molecular weight is 242 g/mol. The number of carbonyl (C=O) groups excluding carboxylic acids is 1. The highest BCUT2D eigenvalue weighted by atomic mass is 79.9. The monoisotopic (exact) mass is 241 g/mol. The number of para-hydroxylation sites is 1. The second kappa shape index (κ2) is 3.38. The first-order chi connectivity index (χ1) is 6.29. The summed E-state index contributed by atoms with van der Waals surface area (Å²) in [6, 6.07) is 5.43. The van der Waals surface area contributed by atoms with Gasteiger partial charge in [-0.25, -0.2) is 0 Å². The number of nitrogens with one attached hydrogen (secondary N) is 1. The van der Waals surface area contributed by atoms with Gasteiger partial charge in [-0.1, -0.05) is 6.07 Å². The molecule has 0 bridgehead atoms. The van der Waals surface area contributed by atoms with Crippen molar-refractivity contribution in [3.63, 3.8) is 0 Å². The molecule has 1 heterocycles. The quantitative estimate of drug-likeness (QED) is 0.749. The summed E-state index contributed by atoms with van der Waals surface area (Å²) in [7, 11) is 0. The number of amides is 1. The van der Waals surface area contributed by atoms with Crippen molar-refractivity contribution in [1.29, 1.82) is 0 Å². The van der Waals surface area contributed by atoms with Crippen LogP contribution in [0.4, 0.5) is 0 Å². The lowest BCUT2D eigenvalue weighted by molar-refractivity contribution is 0.0957. The molecule has 1 aromatic rings. The third-order valence-corrected chi connectivity index (χ3v) is 2.47. The molecule has 0 unspecified atom stereocenters. The third kappa shape index (κ3) is 1.54. The van der Waals surface area contributed by atoms with Crippen molar-refractivity contribution in [2.75, 3.05) is 13.2 Å². The van der Waals surface area contributed by atoms with Crippen LogP contribution in [0.5, 0.6) is 5.75 Å². The molecule has 13 heavy (non-hydrogen) atoms. The zero-order valence-electron chi connectivity index (χ0n) is 6.84. The van der Waals surface area contributed by atoms with Gasteiger partial charge in [-0.2, -0.15) is 0 Å². The Morgan fingerprint density at radius 2 is 2.31 bits per heavy atom. The van der Waals surface area contributed by atoms with Gasteiger partial charge in [0.15, 0.2) is 0 Å². The maximum Gasteiger partial charge on any atom is 0.255 e. The predicted octanol–water partition coefficient (Wildman–Crippen LogP) is 1.57. The van der Waals surface area contributed by atoms with Gasteiger partial charge in [-0.05, 0) is 28.1 Å². The van der Waals surface area contributed by atoms with E-state index in [0.29, 0.717) is 24.5 Å². The maximum absolute atomic E-state index is 11.4. The lowest BCUT2D eigenvalue weighted by Gasteiger charge is -2.06. The lowest BCUT2D eigenvalue weighted by atomic mass is 10.2. The first kappa shape index (κ1) is 8.56. The molecule has 1 amide bonds. The lowest BCUT2D eigenvalue weighted by Crippen LogP contribution is -2.24. The Labute approximate surface area is 84.2 Å². The standard InChI is InChI=1S/C9H8BrNO2/c10-7-3-1-2-6-8(7)13-5-4-11-9(6)12/h1-3H,4-5H2,(H,11,12). The Bertz CT molecular complexity index is 351. The number of ether oxygens (including phenoxy) is 1. The summed E-state index contributed by atoms with van der Waals surface area (Å²) in [6.07, 6.45) is 0. The number of hydrogen-bond acceptors (Lipinski definition) is 2. The van der Waals surface area contributed by atoms with Gasteiger partial charge in [0.1, 0.15) is 12.4 Å². The molecule has 68 valence electrons. The fourth-order valence-electron chi connectivity index (χ4n) is 1.25. The smallest absolute Gasteiger partial charge is 0.255 e. The van der Waals surface area contributed by atoms with Gasteiger partial charge < -0.3 is 10.1 Å². The summed E-state index contributed by atoms with van der Waals surface area (Å²) in [5, 5.41) is 2.74. The molecular formula is C9H8BrNO2. The molecule has 0 radical (unpaired) electrons. The van der Waals surface area contributed by atoms with Crippen molar-refractivity contribution in [3.8, 4) is 5.75 Å². The van der Waals surface area contributed by atoms with Crippen molar-refractivity contribution in [1.82, 2.24) is 5.32 Å². The molecule has 4 heteroatoms. The predicted molar refractivity (Wildman–Crippen MR) is 52.0 cm³/mol. The zero-order chi connectivity index (χ0) is 9.26. The molecule has 0 saturated heterocycles. The summed E-state index contributed by atoms with van der Waals surface area (Å²) in [5.74, 6) is 0.561. The highest BCUT2D eigenvalue weighted by molar-refractivity contribution is 9.10. The van der Waals surface area contributed by atoms with Crippen molar-refractivity contribution in [2.24, 2.45) is 0 Å². The Balaban J connectivity index is 2.54. The molecule has 0 saturated carbocycles. The minimum absolute atomic E-state index is 0.0752. The number of carbonyl (C=O) groups is 1. The van der Waals surface area contributed by atoms with E-state index in [1.54, 1.807) is 6.07 Å². The van der Waals surface area contributed by atoms with Crippen LogP contribution in [0, 0.1) is 0 Å². The molecule has 3 nitrogen and oxygen atoms in total. The Kier molecular flexibility index (Phi) is 2.22. The van der Waals surface area contributed by atoms with Crippen molar-refractivity contribution >= 4 is 21.8 Å². The topological polar surface area (TPSA) is 38.3 Å². The van der Waals surface area contributed by atoms with E-state index >= 15 is 0 Å². The van der Waals surface area contributed by atoms with E-state index in [2.05, 4.69) is 21.2 Å². The highest BCUT2D eigenvalue weighted by Gasteiger charge is 2.17. The Hall–Kier alpha value is -1.03. The largest absolute Gasteiger partial charge is 0.490 e. The molecule has 0 aliphatic carbocycles. The van der Waals surface area contributed by atoms with E-state index in [1.807, 2.05) is 12.1 Å². The van der Waals surface area contributed by atoms with Crippen LogP contribution in [-0.2, 0) is 0 Å². The van der Waals surface area contributed by atoms with Crippen LogP contribution in [-0.4, -0.2) is 19.1 Å². The zero-order valence-corrected chi connectivity index (χ0v) is 8.43. The molecular weight excluding hydrogens is 234 g/mol. The molecule has 0 aromatic heterocycles. The van der Waals surface area contributed by atoms with Crippen LogP contribution in [0.15, 0.2) is 22.7 Å². The second-order valence-electron chi connectivity index (χ2n) is 2.72. The van der Waals surface area contributed by atoms with Crippen LogP contribution in [0.25, 0.3) is 0 Å². The number of hydrogen-bond donors (Lipinski definition) is 1. The molecule has 1 aromatic carbocycles. The number of fused-ring (bicyclic) bond motifs is 1. The van der Waals surface area contributed by atoms with Crippen molar-refractivity contribution in [2.45, 2.75) is 0 Å². The molecule has 0 fully saturated rings. The van der Waals surface area contributed by atoms with Crippen LogP contribution in [0.2, 0.25) is 0 Å². The van der Waals surface area contributed by atoms with Gasteiger partial charge in [0, 0.05) is 0 Å². The first-order valence-corrected chi connectivity index (χ1v) is 4.78. The SMILES string of the molecule is O=C1NCCOc2c(Br)cccc21. The van der Waals surface area contributed by atoms with Gasteiger partial charge in [0.2, 0.25) is 0 Å². The van der Waals surface area contributed by atoms with Gasteiger partial charge in [0.25, 0.3) is 5.91 Å². The summed E-state index contributed by atoms with van der Waals surface area (Å²) in [5.41, 5.74) is 0.590. The molecule has 1 aliphatic rings. The van der Waals surface area contributed by atoms with E-state index < -0.39 is 0 Å². The first-order valence-electron chi connectivity index (χ1n) is 3.98. The van der Waals surface area contributed by atoms with Gasteiger partial charge in [-0.15, -0.1) is 0 Å². The average Bonchev–Trinajstić information content (AvgIpc) is 2.30. The fourth-order valence-corrected chi connectivity index (χ4v) is 1.73. The Morgan fingerprint density at radius 3 is 3.15 bits per heavy atom. The Morgan fingerprint density at radius 1 is 1.46 bits per heavy atom. The summed E-state index contributed by atoms with van der Waals surface area (Å²) in [4.78, 5) is 11.4. The van der Waals surface area contributed by atoms with E-state index in [9.17, 15) is 4.79 Å². The highest BCUT2D eigenvalue weighted by Crippen LogP contribution is 2.29. The molecule has 2 rings (SSSR count). The molecule has 1 N–H and O–H groups in total. The molecule has 0 spiro atoms. The number of benzene rings is 1. The van der Waals surface area contributed by atoms with Crippen LogP contribution in [0.1, 0.15) is 10.4 Å². The van der Waals surface area contributed by atoms with E-state index in [1.165, 1.54) is 0 Å². The molecule has 0 atom stereocenters.